The van der Waals surface area contributed by atoms with Crippen molar-refractivity contribution in [1.29, 1.82) is 5.26 Å². The summed E-state index contributed by atoms with van der Waals surface area (Å²) in [5.74, 6) is -0.926. The first kappa shape index (κ1) is 13.9. The van der Waals surface area contributed by atoms with Crippen LogP contribution in [-0.2, 0) is 11.3 Å². The molecule has 6 heteroatoms. The number of para-hydroxylation sites is 1. The fourth-order valence-electron chi connectivity index (χ4n) is 1.37. The summed E-state index contributed by atoms with van der Waals surface area (Å²) in [4.78, 5) is 11.2. The van der Waals surface area contributed by atoms with E-state index in [2.05, 4.69) is 10.6 Å². The van der Waals surface area contributed by atoms with Crippen LogP contribution >= 0.6 is 0 Å². The van der Waals surface area contributed by atoms with Crippen molar-refractivity contribution in [3.05, 3.63) is 29.6 Å². The van der Waals surface area contributed by atoms with E-state index in [9.17, 15) is 9.18 Å². The van der Waals surface area contributed by atoms with E-state index in [1.54, 1.807) is 25.2 Å². The summed E-state index contributed by atoms with van der Waals surface area (Å²) < 4.78 is 18.7. The summed E-state index contributed by atoms with van der Waals surface area (Å²) >= 11 is 0. The molecule has 0 saturated carbocycles. The molecule has 18 heavy (non-hydrogen) atoms. The number of benzene rings is 1. The zero-order valence-electron chi connectivity index (χ0n) is 10.00. The fourth-order valence-corrected chi connectivity index (χ4v) is 1.37. The lowest BCUT2D eigenvalue weighted by Crippen LogP contribution is -2.29. The fraction of sp³-hybridized carbons (Fsp3) is 0.333. The van der Waals surface area contributed by atoms with Crippen LogP contribution in [0.2, 0.25) is 0 Å². The topological polar surface area (TPSA) is 74.2 Å². The molecule has 2 N–H and O–H groups in total. The van der Waals surface area contributed by atoms with E-state index in [1.165, 1.54) is 6.07 Å². The molecular weight excluding hydrogens is 237 g/mol. The predicted molar refractivity (Wildman–Crippen MR) is 63.3 cm³/mol. The maximum Gasteiger partial charge on any atom is 0.258 e. The third kappa shape index (κ3) is 4.03. The molecule has 1 amide bonds. The van der Waals surface area contributed by atoms with Crippen LogP contribution in [-0.4, -0.2) is 26.1 Å². The number of nitrogens with one attached hydrogen (secondary N) is 2. The molecule has 0 aliphatic rings. The van der Waals surface area contributed by atoms with E-state index >= 15 is 0 Å². The maximum absolute atomic E-state index is 13.5. The number of amides is 1. The van der Waals surface area contributed by atoms with Gasteiger partial charge in [-0.3, -0.25) is 4.79 Å². The molecule has 0 atom stereocenters. The lowest BCUT2D eigenvalue weighted by Gasteiger charge is -2.11. The zero-order valence-corrected chi connectivity index (χ0v) is 10.00. The van der Waals surface area contributed by atoms with Gasteiger partial charge in [-0.2, -0.15) is 5.26 Å². The van der Waals surface area contributed by atoms with Crippen LogP contribution in [0, 0.1) is 17.1 Å². The van der Waals surface area contributed by atoms with Gasteiger partial charge in [-0.25, -0.2) is 4.39 Å². The number of nitrogens with zero attached hydrogens (tertiary/aromatic N) is 1. The molecule has 0 saturated heterocycles. The Morgan fingerprint density at radius 1 is 1.56 bits per heavy atom. The van der Waals surface area contributed by atoms with Gasteiger partial charge >= 0.3 is 0 Å². The summed E-state index contributed by atoms with van der Waals surface area (Å²) in [7, 11) is 1.73. The molecule has 1 rings (SSSR count). The third-order valence-corrected chi connectivity index (χ3v) is 2.13. The van der Waals surface area contributed by atoms with E-state index < -0.39 is 11.7 Å². The monoisotopic (exact) mass is 251 g/mol. The number of hydrogen-bond donors (Lipinski definition) is 2. The summed E-state index contributed by atoms with van der Waals surface area (Å²) in [5, 5.41) is 13.5. The number of rotatable bonds is 6. The van der Waals surface area contributed by atoms with Gasteiger partial charge < -0.3 is 15.4 Å². The highest BCUT2D eigenvalue weighted by Gasteiger charge is 2.11. The highest BCUT2D eigenvalue weighted by Crippen LogP contribution is 2.22. The van der Waals surface area contributed by atoms with E-state index in [1.807, 2.05) is 0 Å². The molecule has 0 bridgehead atoms. The van der Waals surface area contributed by atoms with E-state index in [0.29, 0.717) is 12.1 Å². The molecule has 0 aliphatic carbocycles. The average molecular weight is 251 g/mol. The Labute approximate surface area is 105 Å². The van der Waals surface area contributed by atoms with Gasteiger partial charge in [-0.1, -0.05) is 12.1 Å². The highest BCUT2D eigenvalue weighted by molar-refractivity contribution is 5.77. The van der Waals surface area contributed by atoms with Crippen LogP contribution in [0.5, 0.6) is 5.75 Å². The van der Waals surface area contributed by atoms with Gasteiger partial charge in [0.05, 0.1) is 6.07 Å². The van der Waals surface area contributed by atoms with Crippen molar-refractivity contribution >= 4 is 5.91 Å². The Kier molecular flexibility index (Phi) is 5.61. The second-order valence-corrected chi connectivity index (χ2v) is 3.48. The van der Waals surface area contributed by atoms with Crippen molar-refractivity contribution in [2.75, 3.05) is 20.2 Å². The SMILES string of the molecule is CNCc1cccc(F)c1OCC(=O)NCC#N. The number of carbonyl (C=O) groups excluding carboxylic acids is 1. The van der Waals surface area contributed by atoms with Gasteiger partial charge in [0.15, 0.2) is 18.2 Å². The van der Waals surface area contributed by atoms with Gasteiger partial charge in [0.1, 0.15) is 6.54 Å². The minimum absolute atomic E-state index is 0.0546. The molecule has 0 heterocycles. The van der Waals surface area contributed by atoms with Gasteiger partial charge in [0, 0.05) is 12.1 Å². The van der Waals surface area contributed by atoms with Gasteiger partial charge in [0.2, 0.25) is 0 Å². The standard InChI is InChI=1S/C12H14FN3O2/c1-15-7-9-3-2-4-10(13)12(9)18-8-11(17)16-6-5-14/h2-4,15H,6-8H2,1H3,(H,16,17). The van der Waals surface area contributed by atoms with Crippen LogP contribution in [0.15, 0.2) is 18.2 Å². The molecule has 0 fully saturated rings. The number of halogens is 1. The molecule has 0 radical (unpaired) electrons. The highest BCUT2D eigenvalue weighted by atomic mass is 19.1. The first-order valence-electron chi connectivity index (χ1n) is 5.37. The smallest absolute Gasteiger partial charge is 0.258 e. The normalized spacial score (nSPS) is 9.61. The average Bonchev–Trinajstić information content (AvgIpc) is 2.36. The maximum atomic E-state index is 13.5. The van der Waals surface area contributed by atoms with E-state index in [-0.39, 0.29) is 18.9 Å². The van der Waals surface area contributed by atoms with Gasteiger partial charge in [-0.15, -0.1) is 0 Å². The molecule has 0 spiro atoms. The molecule has 5 nitrogen and oxygen atoms in total. The summed E-state index contributed by atoms with van der Waals surface area (Å²) in [5.41, 5.74) is 0.630. The Morgan fingerprint density at radius 2 is 2.33 bits per heavy atom. The lowest BCUT2D eigenvalue weighted by atomic mass is 10.2. The Morgan fingerprint density at radius 3 is 3.00 bits per heavy atom. The van der Waals surface area contributed by atoms with Crippen LogP contribution in [0.4, 0.5) is 4.39 Å². The minimum atomic E-state index is -0.518. The van der Waals surface area contributed by atoms with Crippen LogP contribution < -0.4 is 15.4 Å². The quantitative estimate of drug-likeness (QED) is 0.725. The first-order chi connectivity index (χ1) is 8.69. The Balaban J connectivity index is 2.66. The van der Waals surface area contributed by atoms with Crippen molar-refractivity contribution < 1.29 is 13.9 Å². The number of hydrogen-bond acceptors (Lipinski definition) is 4. The molecule has 0 aliphatic heterocycles. The van der Waals surface area contributed by atoms with Crippen molar-refractivity contribution in [2.45, 2.75) is 6.54 Å². The summed E-state index contributed by atoms with van der Waals surface area (Å²) in [6.45, 7) is 0.0229. The third-order valence-electron chi connectivity index (χ3n) is 2.13. The Bertz CT molecular complexity index is 457. The molecule has 96 valence electrons. The van der Waals surface area contributed by atoms with Gasteiger partial charge in [0.25, 0.3) is 5.91 Å². The van der Waals surface area contributed by atoms with E-state index in [0.717, 1.165) is 0 Å². The molecule has 1 aromatic rings. The molecular formula is C12H14FN3O2. The van der Waals surface area contributed by atoms with Crippen molar-refractivity contribution in [2.24, 2.45) is 0 Å². The second kappa shape index (κ2) is 7.25. The summed E-state index contributed by atoms with van der Waals surface area (Å²) in [6.07, 6.45) is 0. The Hall–Kier alpha value is -2.13. The van der Waals surface area contributed by atoms with Crippen molar-refractivity contribution in [1.82, 2.24) is 10.6 Å². The van der Waals surface area contributed by atoms with Crippen molar-refractivity contribution in [3.63, 3.8) is 0 Å². The van der Waals surface area contributed by atoms with Crippen molar-refractivity contribution in [3.8, 4) is 11.8 Å². The van der Waals surface area contributed by atoms with Crippen LogP contribution in [0.25, 0.3) is 0 Å². The van der Waals surface area contributed by atoms with Crippen LogP contribution in [0.1, 0.15) is 5.56 Å². The summed E-state index contributed by atoms with van der Waals surface area (Å²) in [6, 6.07) is 6.32. The molecule has 0 unspecified atom stereocenters. The number of carbonyl (C=O) groups is 1. The minimum Gasteiger partial charge on any atom is -0.480 e. The molecule has 0 aromatic heterocycles. The van der Waals surface area contributed by atoms with Crippen LogP contribution in [0.3, 0.4) is 0 Å². The number of ether oxygens (including phenoxy) is 1. The predicted octanol–water partition coefficient (Wildman–Crippen LogP) is 0.564. The lowest BCUT2D eigenvalue weighted by molar-refractivity contribution is -0.122. The molecule has 1 aromatic carbocycles. The zero-order chi connectivity index (χ0) is 13.4. The first-order valence-corrected chi connectivity index (χ1v) is 5.37. The second-order valence-electron chi connectivity index (χ2n) is 3.48. The van der Waals surface area contributed by atoms with Gasteiger partial charge in [-0.05, 0) is 13.1 Å². The number of nitriles is 1. The van der Waals surface area contributed by atoms with E-state index in [4.69, 9.17) is 10.00 Å². The largest absolute Gasteiger partial charge is 0.480 e.